The van der Waals surface area contributed by atoms with Gasteiger partial charge in [-0.25, -0.2) is 0 Å². The van der Waals surface area contributed by atoms with Gasteiger partial charge in [0.15, 0.2) is 6.10 Å². The molecule has 0 aromatic carbocycles. The van der Waals surface area contributed by atoms with E-state index in [2.05, 4.69) is 118 Å². The normalized spacial score (nSPS) is 12.7. The van der Waals surface area contributed by atoms with Crippen molar-refractivity contribution in [1.82, 2.24) is 0 Å². The zero-order valence-electron chi connectivity index (χ0n) is 52.1. The lowest BCUT2D eigenvalue weighted by Gasteiger charge is -2.18. The molecular formula is C73H126O6. The predicted molar refractivity (Wildman–Crippen MR) is 344 cm³/mol. The molecule has 0 radical (unpaired) electrons. The Morgan fingerprint density at radius 2 is 0.494 bits per heavy atom. The zero-order valence-corrected chi connectivity index (χ0v) is 52.1. The van der Waals surface area contributed by atoms with Crippen molar-refractivity contribution in [2.45, 2.75) is 335 Å². The van der Waals surface area contributed by atoms with Crippen molar-refractivity contribution in [1.29, 1.82) is 0 Å². The maximum absolute atomic E-state index is 12.9. The topological polar surface area (TPSA) is 78.9 Å². The third-order valence-corrected chi connectivity index (χ3v) is 14.6. The fourth-order valence-corrected chi connectivity index (χ4v) is 9.56. The van der Waals surface area contributed by atoms with Crippen LogP contribution < -0.4 is 0 Å². The van der Waals surface area contributed by atoms with Gasteiger partial charge in [-0.1, -0.05) is 291 Å². The van der Waals surface area contributed by atoms with Crippen molar-refractivity contribution in [2.24, 2.45) is 0 Å². The molecule has 6 nitrogen and oxygen atoms in total. The maximum Gasteiger partial charge on any atom is 0.306 e. The third-order valence-electron chi connectivity index (χ3n) is 14.6. The molecule has 0 heterocycles. The van der Waals surface area contributed by atoms with Crippen molar-refractivity contribution < 1.29 is 28.6 Å². The molecule has 6 heteroatoms. The van der Waals surface area contributed by atoms with E-state index in [-0.39, 0.29) is 31.1 Å². The quantitative estimate of drug-likeness (QED) is 0.0261. The minimum atomic E-state index is -0.797. The molecule has 0 aromatic rings. The molecule has 0 saturated carbocycles. The first kappa shape index (κ1) is 75.3. The Hall–Kier alpha value is -3.67. The number of esters is 3. The Morgan fingerprint density at radius 3 is 0.785 bits per heavy atom. The minimum Gasteiger partial charge on any atom is -0.462 e. The van der Waals surface area contributed by atoms with E-state index in [1.165, 1.54) is 167 Å². The van der Waals surface area contributed by atoms with Crippen LogP contribution >= 0.6 is 0 Å². The highest BCUT2D eigenvalue weighted by atomic mass is 16.6. The smallest absolute Gasteiger partial charge is 0.306 e. The lowest BCUT2D eigenvalue weighted by Crippen LogP contribution is -2.30. The third kappa shape index (κ3) is 65.0. The average molecular weight is 1100 g/mol. The number of unbranched alkanes of at least 4 members (excludes halogenated alkanes) is 34. The lowest BCUT2D eigenvalue weighted by molar-refractivity contribution is -0.167. The van der Waals surface area contributed by atoms with Crippen LogP contribution in [0, 0.1) is 0 Å². The van der Waals surface area contributed by atoms with Gasteiger partial charge in [-0.2, -0.15) is 0 Å². The lowest BCUT2D eigenvalue weighted by atomic mass is 10.0. The second-order valence-corrected chi connectivity index (χ2v) is 22.3. The number of carbonyl (C=O) groups excluding carboxylic acids is 3. The van der Waals surface area contributed by atoms with Crippen LogP contribution in [0.3, 0.4) is 0 Å². The molecule has 0 aromatic heterocycles. The second kappa shape index (κ2) is 66.8. The Labute approximate surface area is 489 Å². The summed E-state index contributed by atoms with van der Waals surface area (Å²) in [5.41, 5.74) is 0. The molecule has 0 saturated heterocycles. The predicted octanol–water partition coefficient (Wildman–Crippen LogP) is 23.2. The van der Waals surface area contributed by atoms with Gasteiger partial charge >= 0.3 is 17.9 Å². The van der Waals surface area contributed by atoms with Gasteiger partial charge in [0.25, 0.3) is 0 Å². The molecule has 0 aliphatic heterocycles. The first-order chi connectivity index (χ1) is 39.0. The molecule has 0 amide bonds. The van der Waals surface area contributed by atoms with Crippen LogP contribution in [-0.4, -0.2) is 37.2 Å². The molecule has 454 valence electrons. The summed E-state index contributed by atoms with van der Waals surface area (Å²) in [5.74, 6) is -0.911. The maximum atomic E-state index is 12.9. The summed E-state index contributed by atoms with van der Waals surface area (Å²) in [4.78, 5) is 38.4. The Kier molecular flexibility index (Phi) is 63.7. The van der Waals surface area contributed by atoms with Crippen molar-refractivity contribution in [3.8, 4) is 0 Å². The number of hydrogen-bond donors (Lipinski definition) is 0. The van der Waals surface area contributed by atoms with Gasteiger partial charge in [0.2, 0.25) is 0 Å². The summed E-state index contributed by atoms with van der Waals surface area (Å²) in [6.07, 6.45) is 90.0. The first-order valence-electron chi connectivity index (χ1n) is 33.7. The Balaban J connectivity index is 4.32. The fraction of sp³-hybridized carbons (Fsp3) is 0.740. The summed E-state index contributed by atoms with van der Waals surface area (Å²) in [5, 5.41) is 0. The van der Waals surface area contributed by atoms with Gasteiger partial charge in [0.05, 0.1) is 0 Å². The molecule has 0 rings (SSSR count). The summed E-state index contributed by atoms with van der Waals surface area (Å²) >= 11 is 0. The van der Waals surface area contributed by atoms with Crippen LogP contribution in [0.15, 0.2) is 97.2 Å². The number of rotatable bonds is 61. The summed E-state index contributed by atoms with van der Waals surface area (Å²) in [7, 11) is 0. The van der Waals surface area contributed by atoms with Gasteiger partial charge in [-0.3, -0.25) is 14.4 Å². The molecular weight excluding hydrogens is 973 g/mol. The number of carbonyl (C=O) groups is 3. The van der Waals surface area contributed by atoms with E-state index in [0.717, 1.165) is 122 Å². The van der Waals surface area contributed by atoms with E-state index in [1.807, 2.05) is 0 Å². The number of ether oxygens (including phenoxy) is 3. The van der Waals surface area contributed by atoms with Crippen LogP contribution in [-0.2, 0) is 28.6 Å². The van der Waals surface area contributed by atoms with E-state index < -0.39 is 6.10 Å². The SMILES string of the molecule is CC/C=C\C/C=C\C/C=C\C/C=C\CCCCCCC(=O)OC(COC(=O)CCCCCCCCC/C=C\C/C=C\C/C=C\CC)COC(=O)CCCCCCCCCCCCCCCCC/C=C\CCCCCCCCCC. The standard InChI is InChI=1S/C73H126O6/c1-4-7-10-13-16-19-22-25-28-31-32-33-34-35-36-37-38-39-40-43-45-48-51-54-57-60-63-66-72(75)78-69-70(79-73(76)67-64-61-58-55-52-49-46-42-30-27-24-21-18-15-12-9-6-3)68-77-71(74)65-62-59-56-53-50-47-44-41-29-26-23-20-17-14-11-8-5-2/h8-9,11-12,17-18,20-21,26-27,29-32,46,49,70H,4-7,10,13-16,19,22-25,28,33-45,47-48,50-69H2,1-3H3/b11-8-,12-9-,20-17-,21-18-,29-26-,30-27-,32-31-,49-46-. The monoisotopic (exact) mass is 1100 g/mol. The largest absolute Gasteiger partial charge is 0.462 e. The van der Waals surface area contributed by atoms with E-state index in [1.54, 1.807) is 0 Å². The van der Waals surface area contributed by atoms with Gasteiger partial charge in [0, 0.05) is 19.3 Å². The Morgan fingerprint density at radius 1 is 0.266 bits per heavy atom. The summed E-state index contributed by atoms with van der Waals surface area (Å²) in [6.45, 7) is 6.42. The molecule has 0 aliphatic carbocycles. The van der Waals surface area contributed by atoms with E-state index in [4.69, 9.17) is 14.2 Å². The summed E-state index contributed by atoms with van der Waals surface area (Å²) in [6, 6.07) is 0. The van der Waals surface area contributed by atoms with Crippen molar-refractivity contribution in [3.05, 3.63) is 97.2 Å². The molecule has 0 aliphatic rings. The molecule has 79 heavy (non-hydrogen) atoms. The molecule has 1 atom stereocenters. The molecule has 0 bridgehead atoms. The molecule has 1 unspecified atom stereocenters. The fourth-order valence-electron chi connectivity index (χ4n) is 9.56. The van der Waals surface area contributed by atoms with Gasteiger partial charge in [-0.15, -0.1) is 0 Å². The molecule has 0 N–H and O–H groups in total. The zero-order chi connectivity index (χ0) is 57.1. The van der Waals surface area contributed by atoms with Crippen LogP contribution in [0.2, 0.25) is 0 Å². The molecule has 0 spiro atoms. The highest BCUT2D eigenvalue weighted by molar-refractivity contribution is 5.71. The van der Waals surface area contributed by atoms with E-state index in [0.29, 0.717) is 19.3 Å². The average Bonchev–Trinajstić information content (AvgIpc) is 3.45. The highest BCUT2D eigenvalue weighted by Gasteiger charge is 2.19. The van der Waals surface area contributed by atoms with Gasteiger partial charge in [-0.05, 0) is 116 Å². The van der Waals surface area contributed by atoms with E-state index in [9.17, 15) is 14.4 Å². The van der Waals surface area contributed by atoms with Crippen LogP contribution in [0.5, 0.6) is 0 Å². The van der Waals surface area contributed by atoms with Crippen molar-refractivity contribution >= 4 is 17.9 Å². The second-order valence-electron chi connectivity index (χ2n) is 22.3. The Bertz CT molecular complexity index is 1540. The first-order valence-corrected chi connectivity index (χ1v) is 33.7. The van der Waals surface area contributed by atoms with Crippen molar-refractivity contribution in [2.75, 3.05) is 13.2 Å². The minimum absolute atomic E-state index is 0.0895. The van der Waals surface area contributed by atoms with Crippen LogP contribution in [0.25, 0.3) is 0 Å². The van der Waals surface area contributed by atoms with Gasteiger partial charge in [0.1, 0.15) is 13.2 Å². The molecule has 0 fully saturated rings. The van der Waals surface area contributed by atoms with Crippen molar-refractivity contribution in [3.63, 3.8) is 0 Å². The number of allylic oxidation sites excluding steroid dienone is 16. The number of hydrogen-bond acceptors (Lipinski definition) is 6. The van der Waals surface area contributed by atoms with Gasteiger partial charge < -0.3 is 14.2 Å². The van der Waals surface area contributed by atoms with E-state index >= 15 is 0 Å². The highest BCUT2D eigenvalue weighted by Crippen LogP contribution is 2.17. The van der Waals surface area contributed by atoms with Crippen LogP contribution in [0.1, 0.15) is 329 Å². The summed E-state index contributed by atoms with van der Waals surface area (Å²) < 4.78 is 16.9. The van der Waals surface area contributed by atoms with Crippen LogP contribution in [0.4, 0.5) is 0 Å².